The van der Waals surface area contributed by atoms with E-state index >= 15 is 0 Å². The number of pyridine rings is 1. The van der Waals surface area contributed by atoms with E-state index < -0.39 is 8.07 Å². The molecule has 0 saturated carbocycles. The zero-order valence-corrected chi connectivity index (χ0v) is 39.8. The van der Waals surface area contributed by atoms with Crippen LogP contribution in [0.15, 0.2) is 175 Å². The summed E-state index contributed by atoms with van der Waals surface area (Å²) in [4.78, 5) is 17.2. The van der Waals surface area contributed by atoms with Gasteiger partial charge in [0.25, 0.3) is 0 Å². The van der Waals surface area contributed by atoms with Crippen LogP contribution in [-0.4, -0.2) is 19.4 Å². The Morgan fingerprint density at radius 1 is 0.492 bits per heavy atom. The molecular formula is C60H55BN2OSi. The summed E-state index contributed by atoms with van der Waals surface area (Å²) < 4.78 is 2.42. The van der Waals surface area contributed by atoms with Crippen LogP contribution >= 0.6 is 0 Å². The Morgan fingerprint density at radius 2 is 1.05 bits per heavy atom. The van der Waals surface area contributed by atoms with Crippen molar-refractivity contribution >= 4 is 90.8 Å². The Morgan fingerprint density at radius 3 is 1.62 bits per heavy atom. The molecule has 0 saturated heterocycles. The van der Waals surface area contributed by atoms with Crippen LogP contribution in [0.5, 0.6) is 0 Å². The molecule has 3 heterocycles. The van der Waals surface area contributed by atoms with Gasteiger partial charge in [0.1, 0.15) is 0 Å². The van der Waals surface area contributed by atoms with Crippen molar-refractivity contribution in [3.8, 4) is 5.69 Å². The number of anilines is 3. The summed E-state index contributed by atoms with van der Waals surface area (Å²) in [5.74, 6) is 1.01. The number of rotatable bonds is 7. The van der Waals surface area contributed by atoms with E-state index in [1.807, 2.05) is 18.2 Å². The van der Waals surface area contributed by atoms with Gasteiger partial charge in [0, 0.05) is 33.5 Å². The molecule has 0 atom stereocenters. The van der Waals surface area contributed by atoms with Gasteiger partial charge in [-0.2, -0.15) is 0 Å². The molecule has 65 heavy (non-hydrogen) atoms. The van der Waals surface area contributed by atoms with Crippen LogP contribution in [0.25, 0.3) is 27.5 Å². The van der Waals surface area contributed by atoms with Crippen molar-refractivity contribution in [2.75, 3.05) is 4.90 Å². The quantitative estimate of drug-likeness (QED) is 0.118. The first-order valence-corrected chi connectivity index (χ1v) is 25.5. The highest BCUT2D eigenvalue weighted by atomic mass is 28.3. The Labute approximate surface area is 385 Å². The molecule has 0 aliphatic carbocycles. The van der Waals surface area contributed by atoms with E-state index in [1.54, 1.807) is 0 Å². The highest BCUT2D eigenvalue weighted by molar-refractivity contribution is 7.21. The number of fused-ring (bicyclic) bond motifs is 6. The molecule has 8 aromatic carbocycles. The smallest absolute Gasteiger partial charge is 0.247 e. The van der Waals surface area contributed by atoms with Crippen molar-refractivity contribution in [1.82, 2.24) is 4.57 Å². The van der Waals surface area contributed by atoms with Crippen LogP contribution in [0.2, 0.25) is 0 Å². The lowest BCUT2D eigenvalue weighted by Gasteiger charge is -2.45. The lowest BCUT2D eigenvalue weighted by atomic mass is 9.33. The summed E-state index contributed by atoms with van der Waals surface area (Å²) in [5, 5.41) is 7.03. The van der Waals surface area contributed by atoms with Gasteiger partial charge in [-0.15, -0.1) is 0 Å². The summed E-state index contributed by atoms with van der Waals surface area (Å²) >= 11 is 0. The van der Waals surface area contributed by atoms with Gasteiger partial charge in [-0.3, -0.25) is 4.79 Å². The number of hydrogen-bond donors (Lipinski definition) is 0. The maximum atomic E-state index is 14.7. The number of para-hydroxylation sites is 2. The van der Waals surface area contributed by atoms with Gasteiger partial charge in [0.15, 0.2) is 13.5 Å². The van der Waals surface area contributed by atoms with E-state index in [0.717, 1.165) is 33.2 Å². The molecule has 0 fully saturated rings. The van der Waals surface area contributed by atoms with Crippen molar-refractivity contribution in [2.45, 2.75) is 73.1 Å². The van der Waals surface area contributed by atoms with Gasteiger partial charge in [-0.05, 0) is 122 Å². The highest BCUT2D eigenvalue weighted by Crippen LogP contribution is 2.41. The minimum absolute atomic E-state index is 0.0817. The van der Waals surface area contributed by atoms with E-state index in [-0.39, 0.29) is 12.1 Å². The van der Waals surface area contributed by atoms with Gasteiger partial charge < -0.3 is 9.47 Å². The average molecular weight is 859 g/mol. The predicted molar refractivity (Wildman–Crippen MR) is 282 cm³/mol. The Hall–Kier alpha value is -6.69. The molecule has 0 spiro atoms. The fourth-order valence-corrected chi connectivity index (χ4v) is 16.8. The maximum absolute atomic E-state index is 14.7. The standard InChI is InChI=1S/C60H55BN2OSi/c1-37(2)42-34-48(38(3)4)58(49(35-42)39(5)6)61-50-29-28-43(36-55(50)63-52-25-16-15-22-46(52)60(64)47-23-17-24-51(61)59(47)63)62-53-30-26-40(7)32-56(53)65(44-18-11-9-12-19-44,45-20-13-10-14-21-45)57-33-41(8)27-31-54(57)62/h9-39H,1-8H3. The normalized spacial score (nSPS) is 13.8. The minimum atomic E-state index is -2.86. The number of hydrogen-bond acceptors (Lipinski definition) is 2. The summed E-state index contributed by atoms with van der Waals surface area (Å²) in [6, 6.07) is 63.7. The van der Waals surface area contributed by atoms with Crippen LogP contribution in [0, 0.1) is 13.8 Å². The minimum Gasteiger partial charge on any atom is -0.311 e. The van der Waals surface area contributed by atoms with Crippen molar-refractivity contribution in [3.63, 3.8) is 0 Å². The lowest BCUT2D eigenvalue weighted by molar-refractivity contribution is 0.812. The molecule has 318 valence electrons. The Kier molecular flexibility index (Phi) is 9.78. The zero-order valence-electron chi connectivity index (χ0n) is 38.8. The second-order valence-electron chi connectivity index (χ2n) is 19.5. The van der Waals surface area contributed by atoms with Gasteiger partial charge in [0.2, 0.25) is 6.71 Å². The third-order valence-electron chi connectivity index (χ3n) is 14.5. The second-order valence-corrected chi connectivity index (χ2v) is 23.3. The van der Waals surface area contributed by atoms with Gasteiger partial charge in [-0.25, -0.2) is 0 Å². The summed E-state index contributed by atoms with van der Waals surface area (Å²) in [7, 11) is -2.86. The summed E-state index contributed by atoms with van der Waals surface area (Å²) in [5.41, 5.74) is 17.2. The van der Waals surface area contributed by atoms with Crippen LogP contribution in [0.4, 0.5) is 17.1 Å². The molecule has 2 aliphatic rings. The van der Waals surface area contributed by atoms with Crippen LogP contribution in [-0.2, 0) is 0 Å². The van der Waals surface area contributed by atoms with E-state index in [1.165, 1.54) is 76.3 Å². The van der Waals surface area contributed by atoms with E-state index in [9.17, 15) is 4.79 Å². The van der Waals surface area contributed by atoms with Crippen molar-refractivity contribution < 1.29 is 0 Å². The average Bonchev–Trinajstić information content (AvgIpc) is 3.32. The fourth-order valence-electron chi connectivity index (χ4n) is 11.5. The van der Waals surface area contributed by atoms with Gasteiger partial charge in [0.05, 0.1) is 11.0 Å². The zero-order chi connectivity index (χ0) is 44.9. The first-order chi connectivity index (χ1) is 31.5. The molecule has 3 nitrogen and oxygen atoms in total. The number of nitrogens with zero attached hydrogens (tertiary/aromatic N) is 2. The first-order valence-electron chi connectivity index (χ1n) is 23.5. The largest absolute Gasteiger partial charge is 0.311 e. The molecule has 0 radical (unpaired) electrons. The van der Waals surface area contributed by atoms with E-state index in [2.05, 4.69) is 217 Å². The molecule has 9 aromatic rings. The van der Waals surface area contributed by atoms with Crippen molar-refractivity contribution in [3.05, 3.63) is 208 Å². The Balaban J connectivity index is 1.26. The summed E-state index contributed by atoms with van der Waals surface area (Å²) in [6.07, 6.45) is 0. The summed E-state index contributed by atoms with van der Waals surface area (Å²) in [6.45, 7) is 18.4. The topological polar surface area (TPSA) is 25.2 Å². The molecule has 11 rings (SSSR count). The highest BCUT2D eigenvalue weighted by Gasteiger charge is 2.49. The molecule has 2 aliphatic heterocycles. The van der Waals surface area contributed by atoms with Crippen molar-refractivity contribution in [2.24, 2.45) is 0 Å². The second kappa shape index (κ2) is 15.5. The van der Waals surface area contributed by atoms with E-state index in [4.69, 9.17) is 0 Å². The predicted octanol–water partition coefficient (Wildman–Crippen LogP) is 10.1. The van der Waals surface area contributed by atoms with Crippen LogP contribution in [0.3, 0.4) is 0 Å². The van der Waals surface area contributed by atoms with Crippen LogP contribution in [0.1, 0.15) is 87.1 Å². The van der Waals surface area contributed by atoms with Gasteiger partial charge >= 0.3 is 0 Å². The first kappa shape index (κ1) is 41.0. The fraction of sp³-hybridized carbons (Fsp3) is 0.183. The molecule has 5 heteroatoms. The molecule has 0 bridgehead atoms. The van der Waals surface area contributed by atoms with Gasteiger partial charge in [-0.1, -0.05) is 186 Å². The molecule has 0 amide bonds. The van der Waals surface area contributed by atoms with E-state index in [0.29, 0.717) is 17.8 Å². The molecular weight excluding hydrogens is 804 g/mol. The number of benzene rings is 8. The third kappa shape index (κ3) is 6.12. The molecule has 1 aromatic heterocycles. The molecule has 0 N–H and O–H groups in total. The van der Waals surface area contributed by atoms with Crippen molar-refractivity contribution in [1.29, 1.82) is 0 Å². The third-order valence-corrected chi connectivity index (χ3v) is 19.3. The van der Waals surface area contributed by atoms with Crippen LogP contribution < -0.4 is 47.5 Å². The number of aryl methyl sites for hydroxylation is 2. The Bertz CT molecular complexity index is 3300. The maximum Gasteiger partial charge on any atom is 0.247 e. The molecule has 0 unspecified atom stereocenters. The number of aromatic nitrogens is 1. The lowest BCUT2D eigenvalue weighted by Crippen LogP contribution is -2.77. The monoisotopic (exact) mass is 858 g/mol. The SMILES string of the molecule is Cc1ccc2c(c1)[Si](c1ccccc1)(c1ccccc1)c1cc(C)ccc1N2c1ccc2c(c1)-n1c3ccccc3c(=O)c3cccc(c31)B2c1c(C(C)C)cc(C(C)C)cc1C(C)C.